The zero-order chi connectivity index (χ0) is 32.2. The number of nitrogens with zero attached hydrogens (tertiary/aromatic N) is 4. The van der Waals surface area contributed by atoms with E-state index in [0.29, 0.717) is 37.6 Å². The Balaban J connectivity index is 1.57. The van der Waals surface area contributed by atoms with E-state index in [1.165, 1.54) is 0 Å². The van der Waals surface area contributed by atoms with E-state index in [4.69, 9.17) is 10.5 Å². The summed E-state index contributed by atoms with van der Waals surface area (Å²) in [4.78, 5) is 54.2. The van der Waals surface area contributed by atoms with E-state index in [2.05, 4.69) is 26.3 Å². The lowest BCUT2D eigenvalue weighted by atomic mass is 10.0. The van der Waals surface area contributed by atoms with Crippen molar-refractivity contribution in [3.63, 3.8) is 0 Å². The van der Waals surface area contributed by atoms with Crippen LogP contribution in [0.1, 0.15) is 30.7 Å². The van der Waals surface area contributed by atoms with Gasteiger partial charge >= 0.3 is 0 Å². The van der Waals surface area contributed by atoms with E-state index in [1.807, 2.05) is 50.2 Å². The number of carbonyl (C=O) groups excluding carboxylic acids is 4. The Morgan fingerprint density at radius 1 is 1.02 bits per heavy atom. The van der Waals surface area contributed by atoms with Crippen LogP contribution >= 0.6 is 0 Å². The second kappa shape index (κ2) is 16.3. The van der Waals surface area contributed by atoms with Crippen LogP contribution < -0.4 is 26.4 Å². The molecular formula is C32H42N8O5. The average Bonchev–Trinajstić information content (AvgIpc) is 3.48. The van der Waals surface area contributed by atoms with Gasteiger partial charge in [0.2, 0.25) is 23.6 Å². The molecule has 0 fully saturated rings. The summed E-state index contributed by atoms with van der Waals surface area (Å²) in [5, 5.41) is 16.9. The number of fused-ring (bicyclic) bond motifs is 4. The van der Waals surface area contributed by atoms with E-state index >= 15 is 0 Å². The van der Waals surface area contributed by atoms with E-state index in [1.54, 1.807) is 34.0 Å². The largest absolute Gasteiger partial charge is 0.492 e. The van der Waals surface area contributed by atoms with Gasteiger partial charge in [-0.2, -0.15) is 0 Å². The van der Waals surface area contributed by atoms with Crippen LogP contribution in [0.2, 0.25) is 0 Å². The van der Waals surface area contributed by atoms with E-state index in [0.717, 1.165) is 11.1 Å². The number of benzene rings is 2. The Kier molecular flexibility index (Phi) is 12.0. The van der Waals surface area contributed by atoms with Crippen molar-refractivity contribution < 1.29 is 23.9 Å². The van der Waals surface area contributed by atoms with Crippen molar-refractivity contribution in [1.29, 1.82) is 0 Å². The van der Waals surface area contributed by atoms with E-state index < -0.39 is 23.9 Å². The van der Waals surface area contributed by atoms with Gasteiger partial charge in [-0.15, -0.1) is 5.10 Å². The second-order valence-corrected chi connectivity index (χ2v) is 11.3. The van der Waals surface area contributed by atoms with Crippen molar-refractivity contribution >= 4 is 23.6 Å². The molecule has 0 saturated carbocycles. The van der Waals surface area contributed by atoms with Crippen molar-refractivity contribution in [2.75, 3.05) is 32.8 Å². The molecule has 2 heterocycles. The first-order valence-corrected chi connectivity index (χ1v) is 15.2. The zero-order valence-electron chi connectivity index (χ0n) is 25.8. The Morgan fingerprint density at radius 2 is 1.82 bits per heavy atom. The summed E-state index contributed by atoms with van der Waals surface area (Å²) in [6.45, 7) is 4.98. The van der Waals surface area contributed by atoms with Gasteiger partial charge in [0, 0.05) is 38.7 Å². The molecule has 0 unspecified atom stereocenters. The number of amides is 4. The molecule has 0 spiro atoms. The first-order valence-electron chi connectivity index (χ1n) is 15.2. The van der Waals surface area contributed by atoms with Gasteiger partial charge in [-0.3, -0.25) is 19.2 Å². The van der Waals surface area contributed by atoms with Gasteiger partial charge in [0.15, 0.2) is 0 Å². The van der Waals surface area contributed by atoms with Gasteiger partial charge in [-0.1, -0.05) is 61.5 Å². The molecule has 4 bridgehead atoms. The topological polar surface area (TPSA) is 174 Å². The van der Waals surface area contributed by atoms with Crippen molar-refractivity contribution in [2.24, 2.45) is 11.7 Å². The van der Waals surface area contributed by atoms with Crippen LogP contribution in [0.5, 0.6) is 5.75 Å². The van der Waals surface area contributed by atoms with E-state index in [-0.39, 0.29) is 50.2 Å². The van der Waals surface area contributed by atoms with Gasteiger partial charge in [0.05, 0.1) is 25.2 Å². The molecule has 0 radical (unpaired) electrons. The molecule has 13 nitrogen and oxygen atoms in total. The van der Waals surface area contributed by atoms with Crippen LogP contribution in [0.3, 0.4) is 0 Å². The van der Waals surface area contributed by atoms with Crippen LogP contribution in [0.15, 0.2) is 60.8 Å². The van der Waals surface area contributed by atoms with Crippen molar-refractivity contribution in [2.45, 2.75) is 51.7 Å². The molecule has 4 amide bonds. The fraction of sp³-hybridized carbons (Fsp3) is 0.438. The fourth-order valence-electron chi connectivity index (χ4n) is 5.01. The van der Waals surface area contributed by atoms with Gasteiger partial charge in [-0.05, 0) is 29.2 Å². The van der Waals surface area contributed by atoms with Gasteiger partial charge in [0.25, 0.3) is 0 Å². The minimum absolute atomic E-state index is 0.0477. The Morgan fingerprint density at radius 3 is 2.58 bits per heavy atom. The third-order valence-electron chi connectivity index (χ3n) is 7.47. The lowest BCUT2D eigenvalue weighted by Crippen LogP contribution is -2.56. The lowest BCUT2D eigenvalue weighted by Gasteiger charge is -2.26. The number of aromatic nitrogens is 3. The minimum atomic E-state index is -0.915. The molecule has 13 heteroatoms. The average molecular weight is 619 g/mol. The summed E-state index contributed by atoms with van der Waals surface area (Å²) in [6.07, 6.45) is 2.54. The monoisotopic (exact) mass is 618 g/mol. The maximum Gasteiger partial charge on any atom is 0.243 e. The van der Waals surface area contributed by atoms with Gasteiger partial charge < -0.3 is 31.3 Å². The third kappa shape index (κ3) is 10.1. The van der Waals surface area contributed by atoms with Crippen LogP contribution in [-0.4, -0.2) is 88.4 Å². The quantitative estimate of drug-likeness (QED) is 0.322. The normalized spacial score (nSPS) is 19.2. The smallest absolute Gasteiger partial charge is 0.243 e. The summed E-state index contributed by atoms with van der Waals surface area (Å²) in [7, 11) is 0. The first kappa shape index (κ1) is 33.1. The summed E-state index contributed by atoms with van der Waals surface area (Å²) < 4.78 is 7.56. The molecule has 45 heavy (non-hydrogen) atoms. The molecule has 0 saturated heterocycles. The number of hydrogen-bond donors (Lipinski definition) is 4. The van der Waals surface area contributed by atoms with Crippen molar-refractivity contribution in [3.05, 3.63) is 77.6 Å². The maximum absolute atomic E-state index is 13.5. The highest BCUT2D eigenvalue weighted by Gasteiger charge is 2.29. The predicted molar refractivity (Wildman–Crippen MR) is 167 cm³/mol. The molecular weight excluding hydrogens is 576 g/mol. The highest BCUT2D eigenvalue weighted by Crippen LogP contribution is 2.15. The Hall–Kier alpha value is -4.78. The van der Waals surface area contributed by atoms with Gasteiger partial charge in [-0.25, -0.2) is 4.68 Å². The predicted octanol–water partition coefficient (Wildman–Crippen LogP) is 0.228. The SMILES string of the molecule is CC(C)[C@H]1NC(=O)Cc2cccc(c2)OCCn2cc(nn2)CCN(C(=O)CN)CCNC(=O)[C@H](Cc2ccccc2)NC1=O. The molecule has 2 atom stereocenters. The van der Waals surface area contributed by atoms with Crippen LogP contribution in [0.4, 0.5) is 0 Å². The molecule has 240 valence electrons. The number of nitrogens with one attached hydrogen (secondary N) is 3. The molecule has 1 aromatic heterocycles. The minimum Gasteiger partial charge on any atom is -0.492 e. The highest BCUT2D eigenvalue weighted by atomic mass is 16.5. The highest BCUT2D eigenvalue weighted by molar-refractivity contribution is 5.92. The lowest BCUT2D eigenvalue weighted by molar-refractivity contribution is -0.133. The fourth-order valence-corrected chi connectivity index (χ4v) is 5.01. The Bertz CT molecular complexity index is 1440. The van der Waals surface area contributed by atoms with E-state index in [9.17, 15) is 19.2 Å². The number of nitrogens with two attached hydrogens (primary N) is 1. The number of rotatable bonds is 4. The third-order valence-corrected chi connectivity index (χ3v) is 7.47. The molecule has 1 aliphatic rings. The molecule has 4 rings (SSSR count). The molecule has 1 aliphatic heterocycles. The van der Waals surface area contributed by atoms with Crippen LogP contribution in [0, 0.1) is 5.92 Å². The molecule has 2 aromatic carbocycles. The molecule has 5 N–H and O–H groups in total. The maximum atomic E-state index is 13.5. The van der Waals surface area contributed by atoms with Crippen LogP contribution in [-0.2, 0) is 45.0 Å². The summed E-state index contributed by atoms with van der Waals surface area (Å²) in [5.41, 5.74) is 7.94. The summed E-state index contributed by atoms with van der Waals surface area (Å²) in [6, 6.07) is 14.8. The first-order chi connectivity index (χ1) is 21.7. The number of hydrogen-bond acceptors (Lipinski definition) is 8. The second-order valence-electron chi connectivity index (χ2n) is 11.3. The summed E-state index contributed by atoms with van der Waals surface area (Å²) in [5.74, 6) is -1.10. The van der Waals surface area contributed by atoms with Crippen LogP contribution in [0.25, 0.3) is 0 Å². The molecule has 3 aromatic rings. The standard InChI is InChI=1S/C32H42N8O5/c1-22(2)30-32(44)35-27(18-23-7-4-3-5-8-23)31(43)34-12-14-39(29(42)20-33)13-11-25-21-40(38-37-25)15-16-45-26-10-6-9-24(17-26)19-28(41)36-30/h3-10,17,21-22,27,30H,11-16,18-20,33H2,1-2H3,(H,34,43)(H,35,44)(H,36,41)/t27-,30+/m0/s1. The molecule has 0 aliphatic carbocycles. The van der Waals surface area contributed by atoms with Crippen molar-refractivity contribution in [1.82, 2.24) is 35.8 Å². The zero-order valence-corrected chi connectivity index (χ0v) is 25.8. The number of carbonyl (C=O) groups is 4. The number of ether oxygens (including phenoxy) is 1. The van der Waals surface area contributed by atoms with Crippen molar-refractivity contribution in [3.8, 4) is 5.75 Å². The summed E-state index contributed by atoms with van der Waals surface area (Å²) >= 11 is 0. The van der Waals surface area contributed by atoms with Gasteiger partial charge in [0.1, 0.15) is 24.4 Å². The Labute approximate surface area is 262 Å².